The zero-order valence-corrected chi connectivity index (χ0v) is 25.0. The quantitative estimate of drug-likeness (QED) is 0.245. The summed E-state index contributed by atoms with van der Waals surface area (Å²) in [6.45, 7) is 2.50. The van der Waals surface area contributed by atoms with E-state index in [2.05, 4.69) is 27.4 Å². The molecule has 6 rings (SSSR count). The van der Waals surface area contributed by atoms with Gasteiger partial charge >= 0.3 is 6.18 Å². The van der Waals surface area contributed by atoms with Crippen LogP contribution in [0.3, 0.4) is 0 Å². The van der Waals surface area contributed by atoms with Crippen LogP contribution >= 0.6 is 0 Å². The number of sulfone groups is 1. The zero-order chi connectivity index (χ0) is 31.1. The number of ether oxygens (including phenoxy) is 2. The molecule has 3 aromatic carbocycles. The van der Waals surface area contributed by atoms with E-state index in [0.717, 1.165) is 43.9 Å². The van der Waals surface area contributed by atoms with E-state index in [0.29, 0.717) is 33.4 Å². The van der Waals surface area contributed by atoms with E-state index in [1.54, 1.807) is 24.3 Å². The van der Waals surface area contributed by atoms with Crippen LogP contribution in [0, 0.1) is 17.3 Å². The Morgan fingerprint density at radius 3 is 2.41 bits per heavy atom. The first kappa shape index (κ1) is 29.7. The smallest absolute Gasteiger partial charge is 0.406 e. The number of halogens is 3. The average molecular weight is 625 g/mol. The van der Waals surface area contributed by atoms with Gasteiger partial charge in [-0.05, 0) is 60.5 Å². The molecule has 1 spiro atoms. The monoisotopic (exact) mass is 624 g/mol. The number of aromatic nitrogens is 1. The average Bonchev–Trinajstić information content (AvgIpc) is 3.26. The first-order valence-corrected chi connectivity index (χ1v) is 15.8. The van der Waals surface area contributed by atoms with Gasteiger partial charge in [-0.3, -0.25) is 0 Å². The topological polar surface area (TPSA) is 84.8 Å². The van der Waals surface area contributed by atoms with E-state index in [1.807, 2.05) is 30.3 Å². The molecule has 230 valence electrons. The third-order valence-electron chi connectivity index (χ3n) is 7.85. The summed E-state index contributed by atoms with van der Waals surface area (Å²) in [5, 5.41) is 7.02. The molecule has 0 amide bonds. The van der Waals surface area contributed by atoms with Crippen molar-refractivity contribution in [3.63, 3.8) is 0 Å². The Hall–Kier alpha value is -4.34. The van der Waals surface area contributed by atoms with Crippen LogP contribution in [0.1, 0.15) is 5.69 Å². The zero-order valence-electron chi connectivity index (χ0n) is 24.2. The van der Waals surface area contributed by atoms with Gasteiger partial charge in [-0.1, -0.05) is 12.0 Å². The second kappa shape index (κ2) is 11.3. The van der Waals surface area contributed by atoms with Gasteiger partial charge in [-0.2, -0.15) is 13.2 Å². The predicted octanol–water partition coefficient (Wildman–Crippen LogP) is 5.66. The molecular weight excluding hydrogens is 593 g/mol. The molecule has 1 aromatic heterocycles. The Kier molecular flexibility index (Phi) is 7.63. The summed E-state index contributed by atoms with van der Waals surface area (Å²) in [4.78, 5) is 2.42. The third-order valence-corrected chi connectivity index (χ3v) is 8.96. The highest BCUT2D eigenvalue weighted by Gasteiger charge is 2.49. The van der Waals surface area contributed by atoms with Crippen LogP contribution < -0.4 is 20.3 Å². The number of nitrogens with one attached hydrogen (secondary N) is 2. The van der Waals surface area contributed by atoms with E-state index in [-0.39, 0.29) is 17.1 Å². The number of nitrogens with zero attached hydrogens (tertiary/aromatic N) is 2. The summed E-state index contributed by atoms with van der Waals surface area (Å²) in [6.07, 6.45) is -3.35. The second-order valence-electron chi connectivity index (χ2n) is 11.3. The molecule has 12 heteroatoms. The number of rotatable bonds is 8. The summed E-state index contributed by atoms with van der Waals surface area (Å²) in [5.74, 6) is 6.08. The fraction of sp³-hybridized carbons (Fsp3) is 0.312. The van der Waals surface area contributed by atoms with Crippen LogP contribution in [-0.2, 0) is 21.1 Å². The van der Waals surface area contributed by atoms with Gasteiger partial charge in [0.1, 0.15) is 12.3 Å². The molecule has 0 saturated carbocycles. The molecule has 0 radical (unpaired) electrons. The lowest BCUT2D eigenvalue weighted by Gasteiger charge is -2.56. The van der Waals surface area contributed by atoms with E-state index in [4.69, 9.17) is 9.47 Å². The van der Waals surface area contributed by atoms with Crippen molar-refractivity contribution in [2.45, 2.75) is 17.6 Å². The number of anilines is 4. The molecule has 0 bridgehead atoms. The van der Waals surface area contributed by atoms with Crippen LogP contribution in [-0.4, -0.2) is 65.4 Å². The SMILES string of the molecule is COc1cc(S(C)(=O)=O)ccc1NCC#Cc1cc2c(Nc3ccc(N4CC5(COC5)C4)cc3)cccc2n1CC(F)(F)F. The number of hydrogen-bond acceptors (Lipinski definition) is 7. The number of fused-ring (bicyclic) bond motifs is 1. The summed E-state index contributed by atoms with van der Waals surface area (Å²) >= 11 is 0. The molecule has 2 aliphatic rings. The number of benzene rings is 3. The van der Waals surface area contributed by atoms with Crippen molar-refractivity contribution in [1.29, 1.82) is 0 Å². The van der Waals surface area contributed by atoms with Crippen molar-refractivity contribution < 1.29 is 31.1 Å². The fourth-order valence-corrected chi connectivity index (χ4v) is 6.24. The normalized spacial score (nSPS) is 15.7. The Bertz CT molecular complexity index is 1860. The van der Waals surface area contributed by atoms with Gasteiger partial charge in [0.15, 0.2) is 9.84 Å². The largest absolute Gasteiger partial charge is 0.495 e. The Labute approximate surface area is 253 Å². The maximum atomic E-state index is 13.6. The molecule has 3 heterocycles. The van der Waals surface area contributed by atoms with Crippen LogP contribution in [0.2, 0.25) is 0 Å². The molecular formula is C32H31F3N4O4S. The van der Waals surface area contributed by atoms with Crippen molar-refractivity contribution in [3.05, 3.63) is 72.4 Å². The molecule has 8 nitrogen and oxygen atoms in total. The van der Waals surface area contributed by atoms with Gasteiger partial charge in [0, 0.05) is 47.9 Å². The highest BCUT2D eigenvalue weighted by Crippen LogP contribution is 2.40. The van der Waals surface area contributed by atoms with Gasteiger partial charge in [0.2, 0.25) is 0 Å². The lowest BCUT2D eigenvalue weighted by atomic mass is 9.78. The summed E-state index contributed by atoms with van der Waals surface area (Å²) in [6, 6.07) is 19.3. The molecule has 0 aliphatic carbocycles. The summed E-state index contributed by atoms with van der Waals surface area (Å²) < 4.78 is 76.4. The van der Waals surface area contributed by atoms with Crippen molar-refractivity contribution in [2.24, 2.45) is 5.41 Å². The molecule has 2 aliphatic heterocycles. The molecule has 0 atom stereocenters. The third kappa shape index (κ3) is 6.16. The number of alkyl halides is 3. The molecule has 44 heavy (non-hydrogen) atoms. The predicted molar refractivity (Wildman–Crippen MR) is 165 cm³/mol. The van der Waals surface area contributed by atoms with E-state index < -0.39 is 22.6 Å². The highest BCUT2D eigenvalue weighted by atomic mass is 32.2. The highest BCUT2D eigenvalue weighted by molar-refractivity contribution is 7.90. The van der Waals surface area contributed by atoms with Gasteiger partial charge in [-0.25, -0.2) is 8.42 Å². The second-order valence-corrected chi connectivity index (χ2v) is 13.3. The standard InChI is InChI=1S/C32H31F3N4O4S/c1-42-30-16-25(44(2,40)41)12-13-28(30)36-14-4-5-24-15-26-27(6-3-7-29(26)39(24)19-32(33,34)35)37-22-8-10-23(11-9-22)38-17-31(18-38)20-43-21-31/h3,6-13,15-16,36-37H,14,17-21H2,1-2H3. The Morgan fingerprint density at radius 2 is 1.77 bits per heavy atom. The molecule has 2 fully saturated rings. The van der Waals surface area contributed by atoms with E-state index >= 15 is 0 Å². The van der Waals surface area contributed by atoms with Gasteiger partial charge in [0.05, 0.1) is 54.1 Å². The Balaban J connectivity index is 1.22. The lowest BCUT2D eigenvalue weighted by molar-refractivity contribution is -0.140. The molecule has 4 aromatic rings. The van der Waals surface area contributed by atoms with Crippen LogP contribution in [0.4, 0.5) is 35.9 Å². The van der Waals surface area contributed by atoms with Crippen LogP contribution in [0.25, 0.3) is 10.9 Å². The maximum absolute atomic E-state index is 13.6. The van der Waals surface area contributed by atoms with Gasteiger partial charge in [-0.15, -0.1) is 0 Å². The lowest BCUT2D eigenvalue weighted by Crippen LogP contribution is -2.66. The Morgan fingerprint density at radius 1 is 1.02 bits per heavy atom. The van der Waals surface area contributed by atoms with Gasteiger partial charge < -0.3 is 29.6 Å². The molecule has 2 N–H and O–H groups in total. The summed E-state index contributed by atoms with van der Waals surface area (Å²) in [7, 11) is -2.00. The number of methoxy groups -OCH3 is 1. The first-order valence-electron chi connectivity index (χ1n) is 13.9. The van der Waals surface area contributed by atoms with Crippen molar-refractivity contribution >= 4 is 43.5 Å². The van der Waals surface area contributed by atoms with Crippen LogP contribution in [0.5, 0.6) is 5.75 Å². The fourth-order valence-electron chi connectivity index (χ4n) is 5.60. The van der Waals surface area contributed by atoms with Crippen molar-refractivity contribution in [1.82, 2.24) is 4.57 Å². The number of hydrogen-bond donors (Lipinski definition) is 2. The molecule has 2 saturated heterocycles. The van der Waals surface area contributed by atoms with Crippen LogP contribution in [0.15, 0.2) is 71.6 Å². The van der Waals surface area contributed by atoms with Gasteiger partial charge in [0.25, 0.3) is 0 Å². The maximum Gasteiger partial charge on any atom is 0.406 e. The van der Waals surface area contributed by atoms with Crippen molar-refractivity contribution in [2.75, 3.05) is 61.7 Å². The molecule has 0 unspecified atom stereocenters. The first-order chi connectivity index (χ1) is 20.9. The minimum Gasteiger partial charge on any atom is -0.495 e. The van der Waals surface area contributed by atoms with Crippen molar-refractivity contribution in [3.8, 4) is 17.6 Å². The minimum atomic E-state index is -4.45. The van der Waals surface area contributed by atoms with E-state index in [9.17, 15) is 21.6 Å². The van der Waals surface area contributed by atoms with E-state index in [1.165, 1.54) is 23.8 Å². The minimum absolute atomic E-state index is 0.0880. The summed E-state index contributed by atoms with van der Waals surface area (Å²) in [5.41, 5.74) is 4.06.